The maximum Gasteiger partial charge on any atom is 0.353 e. The van der Waals surface area contributed by atoms with Gasteiger partial charge in [-0.2, -0.15) is 8.42 Å². The van der Waals surface area contributed by atoms with Crippen LogP contribution in [0.15, 0.2) is 65.6 Å². The molecule has 3 aromatic rings. The van der Waals surface area contributed by atoms with E-state index < -0.39 is 18.4 Å². The van der Waals surface area contributed by atoms with Gasteiger partial charge >= 0.3 is 9.33 Å². The average Bonchev–Trinajstić information content (AvgIpc) is 2.78. The van der Waals surface area contributed by atoms with E-state index in [0.29, 0.717) is 5.69 Å². The van der Waals surface area contributed by atoms with E-state index in [1.54, 1.807) is 13.0 Å². The van der Waals surface area contributed by atoms with Gasteiger partial charge in [0.25, 0.3) is 9.05 Å². The first-order valence-corrected chi connectivity index (χ1v) is 15.9. The Morgan fingerprint density at radius 2 is 1.17 bits per heavy atom. The molecule has 10 nitrogen and oxygen atoms in total. The van der Waals surface area contributed by atoms with Gasteiger partial charge in [-0.3, -0.25) is 14.1 Å². The molecule has 41 heavy (non-hydrogen) atoms. The maximum absolute atomic E-state index is 11.0. The van der Waals surface area contributed by atoms with Crippen molar-refractivity contribution in [3.63, 3.8) is 0 Å². The fraction of sp³-hybridized carbons (Fsp3) is 0.231. The molecule has 5 N–H and O–H groups in total. The lowest BCUT2D eigenvalue weighted by atomic mass is 10.1. The van der Waals surface area contributed by atoms with E-state index in [-0.39, 0.29) is 25.1 Å². The third kappa shape index (κ3) is 19.6. The van der Waals surface area contributed by atoms with Gasteiger partial charge in [0.05, 0.1) is 4.90 Å². The summed E-state index contributed by atoms with van der Waals surface area (Å²) in [5, 5.41) is 5.26. The van der Waals surface area contributed by atoms with Gasteiger partial charge < -0.3 is 16.4 Å². The number of benzene rings is 3. The maximum atomic E-state index is 11.0. The van der Waals surface area contributed by atoms with Crippen molar-refractivity contribution >= 4 is 77.0 Å². The fourth-order valence-corrected chi connectivity index (χ4v) is 3.52. The lowest BCUT2D eigenvalue weighted by Gasteiger charge is -2.07. The van der Waals surface area contributed by atoms with Gasteiger partial charge in [0, 0.05) is 60.7 Å². The van der Waals surface area contributed by atoms with Crippen LogP contribution < -0.4 is 16.4 Å². The summed E-state index contributed by atoms with van der Waals surface area (Å²) < 4.78 is 47.2. The second-order valence-corrected chi connectivity index (χ2v) is 12.9. The number of anilines is 3. The number of para-hydroxylation sites is 1. The second-order valence-electron chi connectivity index (χ2n) is 8.36. The van der Waals surface area contributed by atoms with Crippen LogP contribution in [0.2, 0.25) is 0 Å². The minimum atomic E-state index is -4.19. The van der Waals surface area contributed by atoms with Crippen molar-refractivity contribution in [2.45, 2.75) is 46.4 Å². The van der Waals surface area contributed by atoms with E-state index in [1.807, 2.05) is 57.2 Å². The Hall–Kier alpha value is -3.10. The first-order valence-electron chi connectivity index (χ1n) is 11.4. The summed E-state index contributed by atoms with van der Waals surface area (Å²) in [5.74, 6) is -0.290. The standard InChI is InChI=1S/C9H10ClNO3S.C9H11NO.C8H11N.B.ClHO3S/c1-6-3-4-8(15(10,13)14)5-9(6)11-7(2)12;1-7-5-3-4-6-9(7)10-8(2)11;1-6-3-4-7(2)8(9)5-6;;1-5(2,3)4/h3-5H,1-2H3,(H,11,12);3-6H,1-2H3,(H,10,11);3-5H,9H2,1-2H3;;(H,2,3,4). The summed E-state index contributed by atoms with van der Waals surface area (Å²) in [6.07, 6.45) is 0. The zero-order valence-corrected chi connectivity index (χ0v) is 26.5. The van der Waals surface area contributed by atoms with E-state index in [0.717, 1.165) is 28.1 Å². The highest BCUT2D eigenvalue weighted by Gasteiger charge is 2.12. The van der Waals surface area contributed by atoms with E-state index in [2.05, 4.69) is 27.4 Å². The number of carbonyl (C=O) groups is 2. The number of nitrogens with one attached hydrogen (secondary N) is 2. The van der Waals surface area contributed by atoms with Crippen molar-refractivity contribution in [3.05, 3.63) is 82.9 Å². The monoisotopic (exact) mass is 644 g/mol. The molecule has 3 aromatic carbocycles. The van der Waals surface area contributed by atoms with Crippen LogP contribution in [0.5, 0.6) is 0 Å². The van der Waals surface area contributed by atoms with Crippen LogP contribution in [0, 0.1) is 27.7 Å². The molecule has 0 atom stereocenters. The van der Waals surface area contributed by atoms with E-state index in [4.69, 9.17) is 29.4 Å². The van der Waals surface area contributed by atoms with Crippen LogP contribution in [-0.4, -0.2) is 41.6 Å². The number of rotatable bonds is 3. The number of aryl methyl sites for hydroxylation is 4. The molecule has 0 fully saturated rings. The quantitative estimate of drug-likeness (QED) is 0.127. The fourth-order valence-electron chi connectivity index (χ4n) is 2.74. The van der Waals surface area contributed by atoms with Gasteiger partial charge in [0.15, 0.2) is 0 Å². The molecule has 15 heteroatoms. The third-order valence-corrected chi connectivity index (χ3v) is 6.04. The molecule has 0 saturated carbocycles. The molecular formula is C26H33BCl2N3O7S2. The normalized spacial score (nSPS) is 10.1. The van der Waals surface area contributed by atoms with Gasteiger partial charge in [-0.1, -0.05) is 36.4 Å². The minimum absolute atomic E-state index is 0. The largest absolute Gasteiger partial charge is 0.399 e. The zero-order valence-electron chi connectivity index (χ0n) is 23.4. The molecule has 0 aliphatic rings. The van der Waals surface area contributed by atoms with E-state index >= 15 is 0 Å². The summed E-state index contributed by atoms with van der Waals surface area (Å²) in [6, 6.07) is 18.1. The molecule has 0 aliphatic carbocycles. The molecule has 0 bridgehead atoms. The highest BCUT2D eigenvalue weighted by Crippen LogP contribution is 2.22. The summed E-state index contributed by atoms with van der Waals surface area (Å²) in [4.78, 5) is 21.5. The minimum Gasteiger partial charge on any atom is -0.399 e. The Morgan fingerprint density at radius 1 is 0.732 bits per heavy atom. The van der Waals surface area contributed by atoms with Gasteiger partial charge in [-0.25, -0.2) is 8.42 Å². The first-order chi connectivity index (χ1) is 18.2. The molecule has 2 amide bonds. The average molecular weight is 645 g/mol. The Bertz CT molecular complexity index is 1530. The molecule has 3 rings (SSSR count). The number of carbonyl (C=O) groups excluding carboxylic acids is 2. The van der Waals surface area contributed by atoms with Crippen molar-refractivity contribution in [2.24, 2.45) is 0 Å². The molecule has 223 valence electrons. The molecule has 3 radical (unpaired) electrons. The van der Waals surface area contributed by atoms with E-state index in [1.165, 1.54) is 31.5 Å². The van der Waals surface area contributed by atoms with Gasteiger partial charge in [0.1, 0.15) is 0 Å². The van der Waals surface area contributed by atoms with Crippen LogP contribution in [0.3, 0.4) is 0 Å². The topological polar surface area (TPSA) is 173 Å². The van der Waals surface area contributed by atoms with Crippen LogP contribution in [0.25, 0.3) is 0 Å². The summed E-state index contributed by atoms with van der Waals surface area (Å²) in [6.45, 7) is 10.6. The van der Waals surface area contributed by atoms with Crippen molar-refractivity contribution in [1.29, 1.82) is 0 Å². The number of amides is 2. The molecule has 0 spiro atoms. The predicted octanol–water partition coefficient (Wildman–Crippen LogP) is 5.37. The van der Waals surface area contributed by atoms with Crippen molar-refractivity contribution in [3.8, 4) is 0 Å². The molecule has 0 heterocycles. The molecule has 0 aromatic heterocycles. The van der Waals surface area contributed by atoms with Crippen molar-refractivity contribution in [1.82, 2.24) is 0 Å². The van der Waals surface area contributed by atoms with Crippen molar-refractivity contribution < 1.29 is 31.0 Å². The lowest BCUT2D eigenvalue weighted by Crippen LogP contribution is -2.07. The highest BCUT2D eigenvalue weighted by atomic mass is 35.7. The van der Waals surface area contributed by atoms with Crippen LogP contribution in [0.1, 0.15) is 36.1 Å². The smallest absolute Gasteiger partial charge is 0.353 e. The first kappa shape index (κ1) is 40.0. The van der Waals surface area contributed by atoms with Crippen molar-refractivity contribution in [2.75, 3.05) is 16.4 Å². The highest BCUT2D eigenvalue weighted by molar-refractivity contribution is 8.13. The molecule has 0 unspecified atom stereocenters. The predicted molar refractivity (Wildman–Crippen MR) is 167 cm³/mol. The lowest BCUT2D eigenvalue weighted by molar-refractivity contribution is -0.115. The van der Waals surface area contributed by atoms with Crippen LogP contribution in [-0.2, 0) is 28.0 Å². The van der Waals surface area contributed by atoms with Crippen LogP contribution >= 0.6 is 21.4 Å². The Kier molecular flexibility index (Phi) is 17.9. The number of halogens is 2. The molecule has 0 aliphatic heterocycles. The van der Waals surface area contributed by atoms with Gasteiger partial charge in [0.2, 0.25) is 11.8 Å². The van der Waals surface area contributed by atoms with Gasteiger partial charge in [-0.15, -0.1) is 0 Å². The summed E-state index contributed by atoms with van der Waals surface area (Å²) in [5.41, 5.74) is 12.1. The number of hydrogen-bond donors (Lipinski definition) is 4. The second kappa shape index (κ2) is 18.4. The molecular weight excluding hydrogens is 612 g/mol. The Balaban J connectivity index is 0. The summed E-state index contributed by atoms with van der Waals surface area (Å²) >= 11 is 0. The third-order valence-electron chi connectivity index (χ3n) is 4.69. The Labute approximate surface area is 252 Å². The number of nitrogen functional groups attached to an aromatic ring is 1. The van der Waals surface area contributed by atoms with Crippen LogP contribution in [0.4, 0.5) is 17.1 Å². The van der Waals surface area contributed by atoms with Gasteiger partial charge in [-0.05, 0) is 74.2 Å². The SMILES string of the molecule is CC(=O)Nc1cc(S(=O)(=O)Cl)ccc1C.CC(=O)Nc1ccccc1C.Cc1ccc(C)c(N)c1.O=S(=O)(O)Cl.[B]. The number of nitrogens with two attached hydrogens (primary N) is 1. The molecule has 0 saturated heterocycles. The zero-order chi connectivity index (χ0) is 31.3. The number of hydrogen-bond acceptors (Lipinski definition) is 7. The summed E-state index contributed by atoms with van der Waals surface area (Å²) in [7, 11) is 1.29. The Morgan fingerprint density at radius 3 is 1.59 bits per heavy atom. The van der Waals surface area contributed by atoms with E-state index in [9.17, 15) is 18.0 Å².